The minimum Gasteiger partial charge on any atom is -0.479 e. The third kappa shape index (κ3) is 1.19. The van der Waals surface area contributed by atoms with Crippen LogP contribution in [0.4, 0.5) is 0 Å². The molecule has 0 aromatic rings. The van der Waals surface area contributed by atoms with Gasteiger partial charge in [-0.1, -0.05) is 6.08 Å². The molecule has 1 aliphatic rings. The first-order chi connectivity index (χ1) is 4.65. The SMILES string of the molecule is C[C@]1(C(=O)O)C=CCCO1. The molecule has 0 amide bonds. The van der Waals surface area contributed by atoms with Gasteiger partial charge in [0.15, 0.2) is 5.60 Å². The second-order valence-corrected chi connectivity index (χ2v) is 2.45. The zero-order valence-corrected chi connectivity index (χ0v) is 5.83. The molecular formula is C7H10O3. The first kappa shape index (κ1) is 7.28. The first-order valence-electron chi connectivity index (χ1n) is 3.20. The van der Waals surface area contributed by atoms with E-state index >= 15 is 0 Å². The van der Waals surface area contributed by atoms with Crippen molar-refractivity contribution in [3.8, 4) is 0 Å². The van der Waals surface area contributed by atoms with E-state index in [-0.39, 0.29) is 0 Å². The van der Waals surface area contributed by atoms with Gasteiger partial charge in [-0.15, -0.1) is 0 Å². The lowest BCUT2D eigenvalue weighted by atomic mass is 10.0. The molecule has 1 atom stereocenters. The fourth-order valence-corrected chi connectivity index (χ4v) is 0.828. The Morgan fingerprint density at radius 1 is 1.80 bits per heavy atom. The highest BCUT2D eigenvalue weighted by Gasteiger charge is 2.32. The van der Waals surface area contributed by atoms with Gasteiger partial charge in [0.1, 0.15) is 0 Å². The summed E-state index contributed by atoms with van der Waals surface area (Å²) in [6.45, 7) is 2.05. The van der Waals surface area contributed by atoms with Crippen molar-refractivity contribution in [1.82, 2.24) is 0 Å². The van der Waals surface area contributed by atoms with Gasteiger partial charge in [0, 0.05) is 0 Å². The highest BCUT2D eigenvalue weighted by Crippen LogP contribution is 2.17. The molecule has 0 unspecified atom stereocenters. The maximum absolute atomic E-state index is 10.5. The lowest BCUT2D eigenvalue weighted by Gasteiger charge is -2.24. The standard InChI is InChI=1S/C7H10O3/c1-7(6(8)9)4-2-3-5-10-7/h2,4H,3,5H2,1H3,(H,8,9)/t7-/m1/s1. The van der Waals surface area contributed by atoms with Crippen molar-refractivity contribution in [1.29, 1.82) is 0 Å². The number of ether oxygens (including phenoxy) is 1. The normalized spacial score (nSPS) is 32.1. The summed E-state index contributed by atoms with van der Waals surface area (Å²) in [5.74, 6) is -0.927. The van der Waals surface area contributed by atoms with E-state index in [1.807, 2.05) is 6.08 Å². The van der Waals surface area contributed by atoms with Crippen LogP contribution in [0, 0.1) is 0 Å². The minimum absolute atomic E-state index is 0.499. The zero-order chi connectivity index (χ0) is 7.61. The Morgan fingerprint density at radius 3 is 2.80 bits per heavy atom. The second-order valence-electron chi connectivity index (χ2n) is 2.45. The summed E-state index contributed by atoms with van der Waals surface area (Å²) in [6, 6.07) is 0. The molecule has 0 bridgehead atoms. The van der Waals surface area contributed by atoms with Crippen molar-refractivity contribution < 1.29 is 14.6 Å². The lowest BCUT2D eigenvalue weighted by molar-refractivity contribution is -0.158. The molecule has 1 heterocycles. The summed E-state index contributed by atoms with van der Waals surface area (Å²) in [6.07, 6.45) is 4.22. The van der Waals surface area contributed by atoms with Crippen LogP contribution in [0.2, 0.25) is 0 Å². The summed E-state index contributed by atoms with van der Waals surface area (Å²) in [5.41, 5.74) is -1.09. The van der Waals surface area contributed by atoms with Gasteiger partial charge >= 0.3 is 5.97 Å². The van der Waals surface area contributed by atoms with Crippen LogP contribution >= 0.6 is 0 Å². The van der Waals surface area contributed by atoms with Crippen LogP contribution < -0.4 is 0 Å². The van der Waals surface area contributed by atoms with Gasteiger partial charge in [-0.3, -0.25) is 0 Å². The van der Waals surface area contributed by atoms with E-state index in [1.54, 1.807) is 13.0 Å². The second kappa shape index (κ2) is 2.42. The highest BCUT2D eigenvalue weighted by molar-refractivity contribution is 5.79. The van der Waals surface area contributed by atoms with Crippen LogP contribution in [0.5, 0.6) is 0 Å². The number of hydrogen-bond acceptors (Lipinski definition) is 2. The fraction of sp³-hybridized carbons (Fsp3) is 0.571. The topological polar surface area (TPSA) is 46.5 Å². The van der Waals surface area contributed by atoms with Crippen molar-refractivity contribution in [2.45, 2.75) is 18.9 Å². The van der Waals surface area contributed by atoms with Gasteiger partial charge in [-0.2, -0.15) is 0 Å². The molecule has 0 radical (unpaired) electrons. The predicted molar refractivity (Wildman–Crippen MR) is 35.7 cm³/mol. The number of carboxylic acid groups (broad SMARTS) is 1. The number of hydrogen-bond donors (Lipinski definition) is 1. The molecule has 0 saturated heterocycles. The number of aliphatic carboxylic acids is 1. The quantitative estimate of drug-likeness (QED) is 0.551. The summed E-state index contributed by atoms with van der Waals surface area (Å²) in [7, 11) is 0. The van der Waals surface area contributed by atoms with Gasteiger partial charge < -0.3 is 9.84 Å². The Morgan fingerprint density at radius 2 is 2.50 bits per heavy atom. The third-order valence-corrected chi connectivity index (χ3v) is 1.55. The summed E-state index contributed by atoms with van der Waals surface area (Å²) >= 11 is 0. The average Bonchev–Trinajstić information content (AvgIpc) is 1.89. The van der Waals surface area contributed by atoms with Gasteiger partial charge in [0.2, 0.25) is 0 Å². The van der Waals surface area contributed by atoms with Crippen LogP contribution in [0.15, 0.2) is 12.2 Å². The Hall–Kier alpha value is -0.830. The molecule has 1 N–H and O–H groups in total. The highest BCUT2D eigenvalue weighted by atomic mass is 16.5. The molecule has 3 heteroatoms. The van der Waals surface area contributed by atoms with Gasteiger partial charge in [0.25, 0.3) is 0 Å². The van der Waals surface area contributed by atoms with Crippen molar-refractivity contribution in [3.63, 3.8) is 0 Å². The van der Waals surface area contributed by atoms with Gasteiger partial charge in [-0.25, -0.2) is 4.79 Å². The monoisotopic (exact) mass is 142 g/mol. The van der Waals surface area contributed by atoms with Crippen molar-refractivity contribution in [3.05, 3.63) is 12.2 Å². The number of carbonyl (C=O) groups is 1. The van der Waals surface area contributed by atoms with Gasteiger partial charge in [-0.05, 0) is 19.4 Å². The lowest BCUT2D eigenvalue weighted by Crippen LogP contribution is -2.38. The zero-order valence-electron chi connectivity index (χ0n) is 5.83. The largest absolute Gasteiger partial charge is 0.479 e. The Kier molecular flexibility index (Phi) is 1.76. The van der Waals surface area contributed by atoms with E-state index < -0.39 is 11.6 Å². The summed E-state index contributed by atoms with van der Waals surface area (Å²) in [5, 5.41) is 8.62. The average molecular weight is 142 g/mol. The molecule has 0 aliphatic carbocycles. The molecular weight excluding hydrogens is 132 g/mol. The molecule has 1 rings (SSSR count). The molecule has 10 heavy (non-hydrogen) atoms. The first-order valence-corrected chi connectivity index (χ1v) is 3.20. The Bertz CT molecular complexity index is 174. The van der Waals surface area contributed by atoms with Crippen LogP contribution in [0.1, 0.15) is 13.3 Å². The summed E-state index contributed by atoms with van der Waals surface area (Å²) < 4.78 is 5.04. The molecule has 0 fully saturated rings. The van der Waals surface area contributed by atoms with Crippen LogP contribution in [-0.4, -0.2) is 23.3 Å². The van der Waals surface area contributed by atoms with Crippen molar-refractivity contribution in [2.24, 2.45) is 0 Å². The predicted octanol–water partition coefficient (Wildman–Crippen LogP) is 0.806. The fourth-order valence-electron chi connectivity index (χ4n) is 0.828. The summed E-state index contributed by atoms with van der Waals surface area (Å²) in [4.78, 5) is 10.5. The van der Waals surface area contributed by atoms with E-state index in [4.69, 9.17) is 9.84 Å². The van der Waals surface area contributed by atoms with Crippen molar-refractivity contribution >= 4 is 5.97 Å². The minimum atomic E-state index is -1.09. The van der Waals surface area contributed by atoms with E-state index in [1.165, 1.54) is 0 Å². The van der Waals surface area contributed by atoms with E-state index in [0.29, 0.717) is 6.61 Å². The third-order valence-electron chi connectivity index (χ3n) is 1.55. The molecule has 0 aromatic heterocycles. The maximum atomic E-state index is 10.5. The van der Waals surface area contributed by atoms with E-state index in [9.17, 15) is 4.79 Å². The Labute approximate surface area is 59.3 Å². The number of rotatable bonds is 1. The molecule has 0 aromatic carbocycles. The molecule has 0 saturated carbocycles. The number of carboxylic acids is 1. The van der Waals surface area contributed by atoms with Crippen molar-refractivity contribution in [2.75, 3.05) is 6.61 Å². The van der Waals surface area contributed by atoms with E-state index in [2.05, 4.69) is 0 Å². The molecule has 56 valence electrons. The van der Waals surface area contributed by atoms with E-state index in [0.717, 1.165) is 6.42 Å². The molecule has 0 spiro atoms. The Balaban J connectivity index is 2.75. The molecule has 1 aliphatic heterocycles. The van der Waals surface area contributed by atoms with Crippen LogP contribution in [-0.2, 0) is 9.53 Å². The van der Waals surface area contributed by atoms with Crippen LogP contribution in [0.3, 0.4) is 0 Å². The smallest absolute Gasteiger partial charge is 0.339 e. The molecule has 3 nitrogen and oxygen atoms in total. The maximum Gasteiger partial charge on any atom is 0.339 e. The van der Waals surface area contributed by atoms with Gasteiger partial charge in [0.05, 0.1) is 6.61 Å². The van der Waals surface area contributed by atoms with Crippen LogP contribution in [0.25, 0.3) is 0 Å².